The zero-order valence-corrected chi connectivity index (χ0v) is 11.6. The maximum atomic E-state index is 12.5. The third kappa shape index (κ3) is 2.45. The van der Waals surface area contributed by atoms with E-state index in [9.17, 15) is 4.79 Å². The van der Waals surface area contributed by atoms with E-state index in [2.05, 4.69) is 12.2 Å². The number of Topliss-reactive ketones (excluding diaryl/α,β-unsaturated/α-hetero) is 1. The van der Waals surface area contributed by atoms with Gasteiger partial charge < -0.3 is 5.32 Å². The lowest BCUT2D eigenvalue weighted by Gasteiger charge is -2.37. The van der Waals surface area contributed by atoms with Crippen LogP contribution in [0.5, 0.6) is 0 Å². The number of benzene rings is 1. The van der Waals surface area contributed by atoms with Gasteiger partial charge in [0.1, 0.15) is 5.54 Å². The van der Waals surface area contributed by atoms with Gasteiger partial charge >= 0.3 is 0 Å². The van der Waals surface area contributed by atoms with Crippen LogP contribution >= 0.6 is 11.6 Å². The Balaban J connectivity index is 2.41. The van der Waals surface area contributed by atoms with Gasteiger partial charge in [0.05, 0.1) is 0 Å². The maximum absolute atomic E-state index is 12.5. The summed E-state index contributed by atoms with van der Waals surface area (Å²) in [5.41, 5.74) is 0.400. The van der Waals surface area contributed by atoms with Crippen LogP contribution in [0, 0.1) is 0 Å². The molecule has 0 bridgehead atoms. The second-order valence-corrected chi connectivity index (χ2v) is 5.35. The first kappa shape index (κ1) is 13.6. The molecule has 0 amide bonds. The van der Waals surface area contributed by atoms with Crippen LogP contribution in [0.2, 0.25) is 5.02 Å². The number of carbonyl (C=O) groups is 1. The lowest BCUT2D eigenvalue weighted by atomic mass is 9.75. The van der Waals surface area contributed by atoms with Crippen LogP contribution in [0.25, 0.3) is 0 Å². The fourth-order valence-electron chi connectivity index (χ4n) is 2.74. The molecule has 1 atom stereocenters. The largest absolute Gasteiger partial charge is 0.301 e. The Kier molecular flexibility index (Phi) is 4.41. The lowest BCUT2D eigenvalue weighted by molar-refractivity contribution is -0.128. The number of hydrogen-bond acceptors (Lipinski definition) is 2. The van der Waals surface area contributed by atoms with Crippen molar-refractivity contribution in [3.63, 3.8) is 0 Å². The SMILES string of the molecule is CCCN[C@@]1(c2ccccc2Cl)CCCCC1=O. The summed E-state index contributed by atoms with van der Waals surface area (Å²) in [5.74, 6) is 0.287. The van der Waals surface area contributed by atoms with E-state index >= 15 is 0 Å². The van der Waals surface area contributed by atoms with E-state index in [0.717, 1.165) is 37.8 Å². The summed E-state index contributed by atoms with van der Waals surface area (Å²) < 4.78 is 0. The number of nitrogens with one attached hydrogen (secondary N) is 1. The molecule has 0 unspecified atom stereocenters. The van der Waals surface area contributed by atoms with E-state index < -0.39 is 5.54 Å². The fourth-order valence-corrected chi connectivity index (χ4v) is 3.04. The maximum Gasteiger partial charge on any atom is 0.157 e. The van der Waals surface area contributed by atoms with Crippen LogP contribution in [-0.2, 0) is 10.3 Å². The highest BCUT2D eigenvalue weighted by molar-refractivity contribution is 6.31. The van der Waals surface area contributed by atoms with E-state index in [4.69, 9.17) is 11.6 Å². The highest BCUT2D eigenvalue weighted by Gasteiger charge is 2.41. The summed E-state index contributed by atoms with van der Waals surface area (Å²) in [4.78, 5) is 12.5. The Hall–Kier alpha value is -0.860. The van der Waals surface area contributed by atoms with Crippen LogP contribution in [-0.4, -0.2) is 12.3 Å². The third-order valence-corrected chi connectivity index (χ3v) is 4.02. The minimum absolute atomic E-state index is 0.287. The van der Waals surface area contributed by atoms with Crippen molar-refractivity contribution in [2.75, 3.05) is 6.54 Å². The molecule has 3 heteroatoms. The molecular formula is C15H20ClNO. The Morgan fingerprint density at radius 3 is 2.78 bits per heavy atom. The van der Waals surface area contributed by atoms with E-state index in [1.54, 1.807) is 0 Å². The quantitative estimate of drug-likeness (QED) is 0.900. The van der Waals surface area contributed by atoms with Crippen LogP contribution in [0.1, 0.15) is 44.6 Å². The van der Waals surface area contributed by atoms with Crippen molar-refractivity contribution in [3.05, 3.63) is 34.9 Å². The van der Waals surface area contributed by atoms with Crippen LogP contribution in [0.4, 0.5) is 0 Å². The molecule has 2 nitrogen and oxygen atoms in total. The molecule has 0 saturated heterocycles. The standard InChI is InChI=1S/C15H20ClNO/c1-2-11-17-15(10-6-5-9-14(15)18)12-7-3-4-8-13(12)16/h3-4,7-8,17H,2,5-6,9-11H2,1H3/t15-/m1/s1. The minimum Gasteiger partial charge on any atom is -0.301 e. The second-order valence-electron chi connectivity index (χ2n) is 4.94. The molecule has 1 fully saturated rings. The molecule has 2 rings (SSSR count). The highest BCUT2D eigenvalue weighted by atomic mass is 35.5. The number of halogens is 1. The molecule has 98 valence electrons. The van der Waals surface area contributed by atoms with Gasteiger partial charge in [0.15, 0.2) is 5.78 Å². The van der Waals surface area contributed by atoms with E-state index in [1.807, 2.05) is 24.3 Å². The van der Waals surface area contributed by atoms with Gasteiger partial charge in [0, 0.05) is 11.4 Å². The predicted octanol–water partition coefficient (Wildman–Crippen LogP) is 3.68. The van der Waals surface area contributed by atoms with Crippen molar-refractivity contribution in [1.82, 2.24) is 5.32 Å². The van der Waals surface area contributed by atoms with Gasteiger partial charge in [-0.25, -0.2) is 0 Å². The van der Waals surface area contributed by atoms with Crippen molar-refractivity contribution in [3.8, 4) is 0 Å². The number of rotatable bonds is 4. The summed E-state index contributed by atoms with van der Waals surface area (Å²) >= 11 is 6.30. The molecule has 18 heavy (non-hydrogen) atoms. The number of ketones is 1. The zero-order chi connectivity index (χ0) is 13.0. The third-order valence-electron chi connectivity index (χ3n) is 3.69. The summed E-state index contributed by atoms with van der Waals surface area (Å²) in [5, 5.41) is 4.15. The number of carbonyl (C=O) groups excluding carboxylic acids is 1. The molecule has 1 aromatic rings. The first-order valence-electron chi connectivity index (χ1n) is 6.74. The number of hydrogen-bond donors (Lipinski definition) is 1. The minimum atomic E-state index is -0.549. The Morgan fingerprint density at radius 1 is 1.33 bits per heavy atom. The first-order valence-corrected chi connectivity index (χ1v) is 7.12. The lowest BCUT2D eigenvalue weighted by Crippen LogP contribution is -2.51. The Morgan fingerprint density at radius 2 is 2.11 bits per heavy atom. The van der Waals surface area contributed by atoms with Crippen molar-refractivity contribution >= 4 is 17.4 Å². The highest BCUT2D eigenvalue weighted by Crippen LogP contribution is 2.37. The van der Waals surface area contributed by atoms with Crippen LogP contribution < -0.4 is 5.32 Å². The Labute approximate surface area is 114 Å². The van der Waals surface area contributed by atoms with E-state index in [-0.39, 0.29) is 5.78 Å². The van der Waals surface area contributed by atoms with Gasteiger partial charge in [-0.2, -0.15) is 0 Å². The van der Waals surface area contributed by atoms with Crippen molar-refractivity contribution in [2.45, 2.75) is 44.6 Å². The average Bonchev–Trinajstić information content (AvgIpc) is 2.39. The summed E-state index contributed by atoms with van der Waals surface area (Å²) in [7, 11) is 0. The average molecular weight is 266 g/mol. The topological polar surface area (TPSA) is 29.1 Å². The fraction of sp³-hybridized carbons (Fsp3) is 0.533. The molecule has 1 aliphatic rings. The molecular weight excluding hydrogens is 246 g/mol. The van der Waals surface area contributed by atoms with Gasteiger partial charge in [0.2, 0.25) is 0 Å². The van der Waals surface area contributed by atoms with Gasteiger partial charge in [-0.05, 0) is 37.4 Å². The first-order chi connectivity index (χ1) is 8.70. The second kappa shape index (κ2) is 5.85. The predicted molar refractivity (Wildman–Crippen MR) is 74.9 cm³/mol. The monoisotopic (exact) mass is 265 g/mol. The van der Waals surface area contributed by atoms with Gasteiger partial charge in [-0.15, -0.1) is 0 Å². The molecule has 1 N–H and O–H groups in total. The van der Waals surface area contributed by atoms with E-state index in [0.29, 0.717) is 11.4 Å². The molecule has 1 aromatic carbocycles. The molecule has 0 aromatic heterocycles. The van der Waals surface area contributed by atoms with Gasteiger partial charge in [-0.1, -0.05) is 43.1 Å². The molecule has 1 aliphatic carbocycles. The molecule has 0 radical (unpaired) electrons. The summed E-state index contributed by atoms with van der Waals surface area (Å²) in [6.45, 7) is 2.96. The van der Waals surface area contributed by atoms with Crippen molar-refractivity contribution < 1.29 is 4.79 Å². The Bertz CT molecular complexity index is 432. The molecule has 0 spiro atoms. The summed E-state index contributed by atoms with van der Waals surface area (Å²) in [6.07, 6.45) is 4.60. The summed E-state index contributed by atoms with van der Waals surface area (Å²) in [6, 6.07) is 7.72. The smallest absolute Gasteiger partial charge is 0.157 e. The van der Waals surface area contributed by atoms with Gasteiger partial charge in [-0.3, -0.25) is 4.79 Å². The normalized spacial score (nSPS) is 24.2. The molecule has 0 aliphatic heterocycles. The molecule has 0 heterocycles. The van der Waals surface area contributed by atoms with Crippen molar-refractivity contribution in [1.29, 1.82) is 0 Å². The van der Waals surface area contributed by atoms with Crippen molar-refractivity contribution in [2.24, 2.45) is 0 Å². The zero-order valence-electron chi connectivity index (χ0n) is 10.8. The van der Waals surface area contributed by atoms with E-state index in [1.165, 1.54) is 0 Å². The molecule has 1 saturated carbocycles. The van der Waals surface area contributed by atoms with Crippen LogP contribution in [0.15, 0.2) is 24.3 Å². The van der Waals surface area contributed by atoms with Gasteiger partial charge in [0.25, 0.3) is 0 Å². The van der Waals surface area contributed by atoms with Crippen LogP contribution in [0.3, 0.4) is 0 Å².